The molecule has 0 spiro atoms. The normalized spacial score (nSPS) is 15.2. The first-order chi connectivity index (χ1) is 9.70. The van der Waals surface area contributed by atoms with Crippen LogP contribution in [0.1, 0.15) is 35.6 Å². The van der Waals surface area contributed by atoms with Crippen LogP contribution in [0, 0.1) is 6.92 Å². The Labute approximate surface area is 119 Å². The summed E-state index contributed by atoms with van der Waals surface area (Å²) in [7, 11) is 1.65. The highest BCUT2D eigenvalue weighted by Gasteiger charge is 2.20. The zero-order chi connectivity index (χ0) is 14.4. The first kappa shape index (κ1) is 14.7. The molecule has 1 N–H and O–H groups in total. The van der Waals surface area contributed by atoms with Gasteiger partial charge in [-0.05, 0) is 26.2 Å². The Bertz CT molecular complexity index is 458. The van der Waals surface area contributed by atoms with Gasteiger partial charge >= 0.3 is 0 Å². The second-order valence-corrected chi connectivity index (χ2v) is 4.96. The SMILES string of the molecule is COCCNc1cc(C(=O)N2CCCCC2)nc(C)n1. The quantitative estimate of drug-likeness (QED) is 0.826. The highest BCUT2D eigenvalue weighted by molar-refractivity contribution is 5.93. The molecule has 20 heavy (non-hydrogen) atoms. The highest BCUT2D eigenvalue weighted by Crippen LogP contribution is 2.14. The van der Waals surface area contributed by atoms with E-state index in [1.165, 1.54) is 6.42 Å². The van der Waals surface area contributed by atoms with Crippen molar-refractivity contribution in [2.45, 2.75) is 26.2 Å². The van der Waals surface area contributed by atoms with Crippen LogP contribution in [-0.2, 0) is 4.74 Å². The summed E-state index contributed by atoms with van der Waals surface area (Å²) in [5.41, 5.74) is 0.472. The van der Waals surface area contributed by atoms with Crippen molar-refractivity contribution in [3.8, 4) is 0 Å². The summed E-state index contributed by atoms with van der Waals surface area (Å²) >= 11 is 0. The summed E-state index contributed by atoms with van der Waals surface area (Å²) in [6, 6.07) is 1.72. The minimum Gasteiger partial charge on any atom is -0.383 e. The van der Waals surface area contributed by atoms with E-state index < -0.39 is 0 Å². The molecule has 1 saturated heterocycles. The van der Waals surface area contributed by atoms with Gasteiger partial charge in [-0.2, -0.15) is 0 Å². The molecule has 6 heteroatoms. The molecular formula is C14H22N4O2. The van der Waals surface area contributed by atoms with E-state index in [1.54, 1.807) is 20.1 Å². The van der Waals surface area contributed by atoms with Crippen LogP contribution >= 0.6 is 0 Å². The van der Waals surface area contributed by atoms with Gasteiger partial charge in [0.05, 0.1) is 6.61 Å². The van der Waals surface area contributed by atoms with Gasteiger partial charge in [0.15, 0.2) is 0 Å². The Morgan fingerprint density at radius 1 is 1.35 bits per heavy atom. The van der Waals surface area contributed by atoms with Gasteiger partial charge in [0.2, 0.25) is 0 Å². The number of ether oxygens (including phenoxy) is 1. The zero-order valence-electron chi connectivity index (χ0n) is 12.2. The lowest BCUT2D eigenvalue weighted by Crippen LogP contribution is -2.36. The number of carbonyl (C=O) groups is 1. The molecule has 1 amide bonds. The lowest BCUT2D eigenvalue weighted by atomic mass is 10.1. The van der Waals surface area contributed by atoms with Crippen molar-refractivity contribution < 1.29 is 9.53 Å². The molecule has 1 aromatic rings. The van der Waals surface area contributed by atoms with Gasteiger partial charge in [-0.1, -0.05) is 0 Å². The van der Waals surface area contributed by atoms with Crippen LogP contribution in [0.2, 0.25) is 0 Å². The van der Waals surface area contributed by atoms with E-state index >= 15 is 0 Å². The Morgan fingerprint density at radius 2 is 2.10 bits per heavy atom. The van der Waals surface area contributed by atoms with Gasteiger partial charge in [0.1, 0.15) is 17.3 Å². The van der Waals surface area contributed by atoms with Crippen LogP contribution < -0.4 is 5.32 Å². The molecule has 0 atom stereocenters. The van der Waals surface area contributed by atoms with Gasteiger partial charge in [-0.3, -0.25) is 4.79 Å². The molecule has 0 bridgehead atoms. The number of rotatable bonds is 5. The Balaban J connectivity index is 2.07. The Kier molecular flexibility index (Phi) is 5.29. The zero-order valence-corrected chi connectivity index (χ0v) is 12.2. The van der Waals surface area contributed by atoms with E-state index in [-0.39, 0.29) is 5.91 Å². The molecule has 0 aliphatic carbocycles. The van der Waals surface area contributed by atoms with E-state index in [0.29, 0.717) is 30.5 Å². The van der Waals surface area contributed by atoms with Crippen molar-refractivity contribution in [1.29, 1.82) is 0 Å². The lowest BCUT2D eigenvalue weighted by molar-refractivity contribution is 0.0718. The Hall–Kier alpha value is -1.69. The topological polar surface area (TPSA) is 67.3 Å². The molecular weight excluding hydrogens is 256 g/mol. The number of hydrogen-bond donors (Lipinski definition) is 1. The average Bonchev–Trinajstić information content (AvgIpc) is 2.47. The third-order valence-corrected chi connectivity index (χ3v) is 3.31. The van der Waals surface area contributed by atoms with Gasteiger partial charge in [0, 0.05) is 32.8 Å². The number of piperidine rings is 1. The summed E-state index contributed by atoms with van der Waals surface area (Å²) in [6.07, 6.45) is 3.36. The number of hydrogen-bond acceptors (Lipinski definition) is 5. The molecule has 110 valence electrons. The first-order valence-electron chi connectivity index (χ1n) is 7.08. The second-order valence-electron chi connectivity index (χ2n) is 4.96. The number of nitrogens with one attached hydrogen (secondary N) is 1. The molecule has 1 fully saturated rings. The van der Waals surface area contributed by atoms with Crippen LogP contribution in [0.25, 0.3) is 0 Å². The van der Waals surface area contributed by atoms with Crippen molar-refractivity contribution in [3.63, 3.8) is 0 Å². The van der Waals surface area contributed by atoms with Crippen molar-refractivity contribution in [2.24, 2.45) is 0 Å². The van der Waals surface area contributed by atoms with Gasteiger partial charge < -0.3 is 15.0 Å². The summed E-state index contributed by atoms with van der Waals surface area (Å²) in [5.74, 6) is 1.28. The largest absolute Gasteiger partial charge is 0.383 e. The predicted molar refractivity (Wildman–Crippen MR) is 76.9 cm³/mol. The molecule has 0 radical (unpaired) electrons. The van der Waals surface area contributed by atoms with E-state index in [2.05, 4.69) is 15.3 Å². The molecule has 1 aliphatic heterocycles. The number of anilines is 1. The van der Waals surface area contributed by atoms with Gasteiger partial charge in [-0.25, -0.2) is 9.97 Å². The molecule has 0 saturated carbocycles. The third-order valence-electron chi connectivity index (χ3n) is 3.31. The second kappa shape index (κ2) is 7.19. The summed E-state index contributed by atoms with van der Waals surface area (Å²) in [4.78, 5) is 22.8. The standard InChI is InChI=1S/C14H22N4O2/c1-11-16-12(10-13(17-11)15-6-9-20-2)14(19)18-7-4-3-5-8-18/h10H,3-9H2,1-2H3,(H,15,16,17). The van der Waals surface area contributed by atoms with Crippen molar-refractivity contribution in [1.82, 2.24) is 14.9 Å². The predicted octanol–water partition coefficient (Wildman–Crippen LogP) is 1.47. The number of aryl methyl sites for hydroxylation is 1. The fourth-order valence-electron chi connectivity index (χ4n) is 2.31. The molecule has 6 nitrogen and oxygen atoms in total. The minimum absolute atomic E-state index is 0.00462. The lowest BCUT2D eigenvalue weighted by Gasteiger charge is -2.26. The molecule has 2 rings (SSSR count). The van der Waals surface area contributed by atoms with Crippen LogP contribution in [-0.4, -0.2) is 54.1 Å². The van der Waals surface area contributed by atoms with Gasteiger partial charge in [0.25, 0.3) is 5.91 Å². The maximum Gasteiger partial charge on any atom is 0.272 e. The third kappa shape index (κ3) is 3.90. The van der Waals surface area contributed by atoms with Crippen LogP contribution in [0.5, 0.6) is 0 Å². The maximum atomic E-state index is 12.4. The number of methoxy groups -OCH3 is 1. The number of aromatic nitrogens is 2. The minimum atomic E-state index is 0.00462. The molecule has 1 aromatic heterocycles. The fraction of sp³-hybridized carbons (Fsp3) is 0.643. The smallest absolute Gasteiger partial charge is 0.272 e. The molecule has 2 heterocycles. The maximum absolute atomic E-state index is 12.4. The summed E-state index contributed by atoms with van der Waals surface area (Å²) in [5, 5.41) is 3.14. The summed E-state index contributed by atoms with van der Waals surface area (Å²) in [6.45, 7) is 4.71. The van der Waals surface area contributed by atoms with Crippen molar-refractivity contribution in [3.05, 3.63) is 17.6 Å². The van der Waals surface area contributed by atoms with Crippen LogP contribution in [0.3, 0.4) is 0 Å². The van der Waals surface area contributed by atoms with Crippen molar-refractivity contribution in [2.75, 3.05) is 38.7 Å². The van der Waals surface area contributed by atoms with Crippen molar-refractivity contribution >= 4 is 11.7 Å². The highest BCUT2D eigenvalue weighted by atomic mass is 16.5. The number of nitrogens with zero attached hydrogens (tertiary/aromatic N) is 3. The van der Waals surface area contributed by atoms with E-state index in [1.807, 2.05) is 4.90 Å². The molecule has 1 aliphatic rings. The van der Waals surface area contributed by atoms with Crippen LogP contribution in [0.15, 0.2) is 6.07 Å². The van der Waals surface area contributed by atoms with Crippen LogP contribution in [0.4, 0.5) is 5.82 Å². The fourth-order valence-corrected chi connectivity index (χ4v) is 2.31. The molecule has 0 unspecified atom stereocenters. The van der Waals surface area contributed by atoms with E-state index in [4.69, 9.17) is 4.74 Å². The first-order valence-corrected chi connectivity index (χ1v) is 7.08. The van der Waals surface area contributed by atoms with E-state index in [9.17, 15) is 4.79 Å². The number of amides is 1. The van der Waals surface area contributed by atoms with E-state index in [0.717, 1.165) is 25.9 Å². The number of likely N-dealkylation sites (tertiary alicyclic amines) is 1. The summed E-state index contributed by atoms with van der Waals surface area (Å²) < 4.78 is 4.99. The van der Waals surface area contributed by atoms with Gasteiger partial charge in [-0.15, -0.1) is 0 Å². The monoisotopic (exact) mass is 278 g/mol. The number of carbonyl (C=O) groups excluding carboxylic acids is 1. The molecule has 0 aromatic carbocycles. The average molecular weight is 278 g/mol. The Morgan fingerprint density at radius 3 is 2.80 bits per heavy atom.